The number of rotatable bonds is 4. The highest BCUT2D eigenvalue weighted by Crippen LogP contribution is 2.25. The lowest BCUT2D eigenvalue weighted by Crippen LogP contribution is -2.36. The van der Waals surface area contributed by atoms with Crippen molar-refractivity contribution >= 4 is 5.91 Å². The summed E-state index contributed by atoms with van der Waals surface area (Å²) >= 11 is 0. The maximum atomic E-state index is 11.5. The minimum atomic E-state index is 0.233. The van der Waals surface area contributed by atoms with Crippen LogP contribution in [0.1, 0.15) is 38.5 Å². The second-order valence-corrected chi connectivity index (χ2v) is 4.60. The molecule has 1 unspecified atom stereocenters. The molecule has 3 heteroatoms. The fourth-order valence-corrected chi connectivity index (χ4v) is 2.18. The molecule has 14 heavy (non-hydrogen) atoms. The van der Waals surface area contributed by atoms with Gasteiger partial charge in [0.2, 0.25) is 5.91 Å². The van der Waals surface area contributed by atoms with Crippen molar-refractivity contribution < 1.29 is 4.79 Å². The lowest BCUT2D eigenvalue weighted by molar-refractivity contribution is -0.121. The van der Waals surface area contributed by atoms with Crippen LogP contribution in [0.15, 0.2) is 0 Å². The number of carbonyl (C=O) groups excluding carboxylic acids is 1. The SMILES string of the molecule is O=C(CC1CCCN1)NCC1CCC1. The van der Waals surface area contributed by atoms with Crippen LogP contribution in [0.4, 0.5) is 0 Å². The van der Waals surface area contributed by atoms with Gasteiger partial charge in [0.15, 0.2) is 0 Å². The van der Waals surface area contributed by atoms with Gasteiger partial charge in [0.1, 0.15) is 0 Å². The first-order valence-corrected chi connectivity index (χ1v) is 5.84. The van der Waals surface area contributed by atoms with Gasteiger partial charge in [-0.05, 0) is 38.1 Å². The zero-order valence-electron chi connectivity index (χ0n) is 8.72. The van der Waals surface area contributed by atoms with Crippen molar-refractivity contribution in [2.75, 3.05) is 13.1 Å². The molecule has 1 aliphatic carbocycles. The third kappa shape index (κ3) is 2.71. The number of amides is 1. The molecule has 1 amide bonds. The van der Waals surface area contributed by atoms with E-state index in [-0.39, 0.29) is 5.91 Å². The van der Waals surface area contributed by atoms with Crippen LogP contribution < -0.4 is 10.6 Å². The molecule has 2 aliphatic rings. The van der Waals surface area contributed by atoms with E-state index in [0.29, 0.717) is 12.5 Å². The first-order valence-electron chi connectivity index (χ1n) is 5.84. The van der Waals surface area contributed by atoms with Gasteiger partial charge < -0.3 is 10.6 Å². The number of carbonyl (C=O) groups is 1. The molecule has 0 spiro atoms. The van der Waals surface area contributed by atoms with Gasteiger partial charge in [-0.2, -0.15) is 0 Å². The topological polar surface area (TPSA) is 41.1 Å². The Labute approximate surface area is 85.6 Å². The fraction of sp³-hybridized carbons (Fsp3) is 0.909. The molecule has 1 heterocycles. The summed E-state index contributed by atoms with van der Waals surface area (Å²) in [6.07, 6.45) is 7.03. The normalized spacial score (nSPS) is 27.3. The van der Waals surface area contributed by atoms with Crippen LogP contribution >= 0.6 is 0 Å². The largest absolute Gasteiger partial charge is 0.356 e. The molecule has 0 bridgehead atoms. The Morgan fingerprint density at radius 1 is 1.29 bits per heavy atom. The summed E-state index contributed by atoms with van der Waals surface area (Å²) < 4.78 is 0. The van der Waals surface area contributed by atoms with Crippen molar-refractivity contribution in [3.05, 3.63) is 0 Å². The van der Waals surface area contributed by atoms with E-state index in [4.69, 9.17) is 0 Å². The summed E-state index contributed by atoms with van der Waals surface area (Å²) in [5.74, 6) is 1.01. The second kappa shape index (κ2) is 4.78. The summed E-state index contributed by atoms with van der Waals surface area (Å²) in [5.41, 5.74) is 0. The highest BCUT2D eigenvalue weighted by atomic mass is 16.1. The van der Waals surface area contributed by atoms with Crippen molar-refractivity contribution in [2.45, 2.75) is 44.6 Å². The first-order chi connectivity index (χ1) is 6.84. The molecule has 1 saturated carbocycles. The van der Waals surface area contributed by atoms with Crippen LogP contribution in [0.25, 0.3) is 0 Å². The Kier molecular flexibility index (Phi) is 3.40. The molecule has 2 fully saturated rings. The average molecular weight is 196 g/mol. The third-order valence-corrected chi connectivity index (χ3v) is 3.41. The van der Waals surface area contributed by atoms with Crippen molar-refractivity contribution in [3.63, 3.8) is 0 Å². The van der Waals surface area contributed by atoms with Crippen LogP contribution in [0.2, 0.25) is 0 Å². The van der Waals surface area contributed by atoms with Gasteiger partial charge in [0, 0.05) is 19.0 Å². The molecule has 1 saturated heterocycles. The lowest BCUT2D eigenvalue weighted by atomic mass is 9.85. The van der Waals surface area contributed by atoms with E-state index < -0.39 is 0 Å². The maximum absolute atomic E-state index is 11.5. The van der Waals surface area contributed by atoms with Crippen LogP contribution in [-0.2, 0) is 4.79 Å². The molecule has 0 aromatic rings. The van der Waals surface area contributed by atoms with Crippen molar-refractivity contribution in [2.24, 2.45) is 5.92 Å². The molecule has 0 aromatic heterocycles. The standard InChI is InChI=1S/C11H20N2O/c14-11(7-10-5-2-6-12-10)13-8-9-3-1-4-9/h9-10,12H,1-8H2,(H,13,14). The van der Waals surface area contributed by atoms with Crippen molar-refractivity contribution in [1.82, 2.24) is 10.6 Å². The Hall–Kier alpha value is -0.570. The number of hydrogen-bond donors (Lipinski definition) is 2. The van der Waals surface area contributed by atoms with E-state index in [9.17, 15) is 4.79 Å². The van der Waals surface area contributed by atoms with E-state index in [1.165, 1.54) is 25.7 Å². The van der Waals surface area contributed by atoms with Gasteiger partial charge in [-0.15, -0.1) is 0 Å². The van der Waals surface area contributed by atoms with Crippen LogP contribution in [-0.4, -0.2) is 25.0 Å². The lowest BCUT2D eigenvalue weighted by Gasteiger charge is -2.25. The van der Waals surface area contributed by atoms with Crippen LogP contribution in [0.5, 0.6) is 0 Å². The molecule has 0 aromatic carbocycles. The Morgan fingerprint density at radius 3 is 2.71 bits per heavy atom. The zero-order valence-corrected chi connectivity index (χ0v) is 8.72. The Morgan fingerprint density at radius 2 is 2.14 bits per heavy atom. The number of hydrogen-bond acceptors (Lipinski definition) is 2. The first kappa shape index (κ1) is 9.97. The van der Waals surface area contributed by atoms with E-state index in [1.807, 2.05) is 0 Å². The summed E-state index contributed by atoms with van der Waals surface area (Å²) in [4.78, 5) is 11.5. The van der Waals surface area contributed by atoms with Crippen LogP contribution in [0, 0.1) is 5.92 Å². The number of nitrogens with one attached hydrogen (secondary N) is 2. The predicted octanol–water partition coefficient (Wildman–Crippen LogP) is 1.04. The fourth-order valence-electron chi connectivity index (χ4n) is 2.18. The van der Waals surface area contributed by atoms with Crippen molar-refractivity contribution in [1.29, 1.82) is 0 Å². The average Bonchev–Trinajstić information content (AvgIpc) is 2.54. The molecule has 0 radical (unpaired) electrons. The van der Waals surface area contributed by atoms with E-state index in [2.05, 4.69) is 10.6 Å². The highest BCUT2D eigenvalue weighted by molar-refractivity contribution is 5.76. The summed E-state index contributed by atoms with van der Waals surface area (Å²) in [6, 6.07) is 0.441. The molecular formula is C11H20N2O. The molecular weight excluding hydrogens is 176 g/mol. The van der Waals surface area contributed by atoms with E-state index in [1.54, 1.807) is 0 Å². The highest BCUT2D eigenvalue weighted by Gasteiger charge is 2.20. The minimum Gasteiger partial charge on any atom is -0.356 e. The molecule has 1 atom stereocenters. The van der Waals surface area contributed by atoms with Gasteiger partial charge in [-0.3, -0.25) is 4.79 Å². The molecule has 2 rings (SSSR count). The predicted molar refractivity (Wildman–Crippen MR) is 56.0 cm³/mol. The molecule has 80 valence electrons. The summed E-state index contributed by atoms with van der Waals surface area (Å²) in [5, 5.41) is 6.37. The second-order valence-electron chi connectivity index (χ2n) is 4.60. The summed E-state index contributed by atoms with van der Waals surface area (Å²) in [6.45, 7) is 1.99. The molecule has 2 N–H and O–H groups in total. The van der Waals surface area contributed by atoms with E-state index >= 15 is 0 Å². The Bertz CT molecular complexity index is 195. The van der Waals surface area contributed by atoms with Gasteiger partial charge in [-0.25, -0.2) is 0 Å². The van der Waals surface area contributed by atoms with Gasteiger partial charge in [0.25, 0.3) is 0 Å². The van der Waals surface area contributed by atoms with Crippen molar-refractivity contribution in [3.8, 4) is 0 Å². The van der Waals surface area contributed by atoms with Crippen LogP contribution in [0.3, 0.4) is 0 Å². The molecule has 3 nitrogen and oxygen atoms in total. The monoisotopic (exact) mass is 196 g/mol. The smallest absolute Gasteiger partial charge is 0.221 e. The third-order valence-electron chi connectivity index (χ3n) is 3.41. The van der Waals surface area contributed by atoms with E-state index in [0.717, 1.165) is 25.4 Å². The van der Waals surface area contributed by atoms with Gasteiger partial charge in [-0.1, -0.05) is 6.42 Å². The minimum absolute atomic E-state index is 0.233. The zero-order chi connectivity index (χ0) is 9.80. The Balaban J connectivity index is 1.57. The quantitative estimate of drug-likeness (QED) is 0.705. The summed E-state index contributed by atoms with van der Waals surface area (Å²) in [7, 11) is 0. The maximum Gasteiger partial charge on any atom is 0.221 e. The van der Waals surface area contributed by atoms with Gasteiger partial charge in [0.05, 0.1) is 0 Å². The van der Waals surface area contributed by atoms with Gasteiger partial charge >= 0.3 is 0 Å². The molecule has 1 aliphatic heterocycles.